The minimum absolute atomic E-state index is 0.775. The third-order valence-electron chi connectivity index (χ3n) is 3.15. The van der Waals surface area contributed by atoms with Gasteiger partial charge in [0.05, 0.1) is 0 Å². The Balaban J connectivity index is 2.87. The molecule has 0 atom stereocenters. The highest BCUT2D eigenvalue weighted by molar-refractivity contribution is 5.43. The summed E-state index contributed by atoms with van der Waals surface area (Å²) in [6.45, 7) is 0. The molecule has 21 heavy (non-hydrogen) atoms. The quantitative estimate of drug-likeness (QED) is 0.706. The molecule has 0 aromatic heterocycles. The van der Waals surface area contributed by atoms with Gasteiger partial charge < -0.3 is 0 Å². The topological polar surface area (TPSA) is 0 Å². The first-order valence-electron chi connectivity index (χ1n) is 5.78. The number of rotatable bonds is 2. The Bertz CT molecular complexity index is 528. The summed E-state index contributed by atoms with van der Waals surface area (Å²) in [6.07, 6.45) is -11.1. The summed E-state index contributed by atoms with van der Waals surface area (Å²) >= 11 is 0. The van der Waals surface area contributed by atoms with Gasteiger partial charge in [0, 0.05) is 0 Å². The molecule has 6 heteroatoms. The van der Waals surface area contributed by atoms with Crippen LogP contribution in [-0.2, 0) is 5.41 Å². The molecule has 0 fully saturated rings. The molecule has 2 aromatic rings. The second-order valence-electron chi connectivity index (χ2n) is 4.32. The molecule has 0 bridgehead atoms. The molecule has 2 radical (unpaired) electrons. The van der Waals surface area contributed by atoms with Crippen LogP contribution in [0.1, 0.15) is 11.1 Å². The number of hydrogen-bond acceptors (Lipinski definition) is 0. The molecule has 0 amide bonds. The summed E-state index contributed by atoms with van der Waals surface area (Å²) in [5, 5.41) is 0. The maximum atomic E-state index is 13.5. The molecule has 0 saturated heterocycles. The van der Waals surface area contributed by atoms with Crippen molar-refractivity contribution >= 4 is 0 Å². The SMILES string of the molecule is FC(F)(F)C(c1cc[c]cc1)(c1cc[c]cc1)C(F)(F)F. The van der Waals surface area contributed by atoms with E-state index >= 15 is 0 Å². The molecule has 0 aliphatic carbocycles. The first-order chi connectivity index (χ1) is 9.71. The molecular weight excluding hydrogens is 294 g/mol. The predicted molar refractivity (Wildman–Crippen MR) is 63.4 cm³/mol. The van der Waals surface area contributed by atoms with E-state index in [4.69, 9.17) is 0 Å². The Morgan fingerprint density at radius 2 is 0.857 bits per heavy atom. The molecule has 2 aromatic carbocycles. The van der Waals surface area contributed by atoms with Gasteiger partial charge >= 0.3 is 12.4 Å². The zero-order chi connectivity index (χ0) is 15.7. The number of alkyl halides is 6. The molecule has 110 valence electrons. The molecular formula is C15H8F6. The normalized spacial score (nSPS) is 13.2. The first kappa shape index (κ1) is 15.4. The molecule has 2 rings (SSSR count). The minimum atomic E-state index is -5.55. The van der Waals surface area contributed by atoms with E-state index in [1.54, 1.807) is 0 Å². The van der Waals surface area contributed by atoms with Gasteiger partial charge in [0.1, 0.15) is 0 Å². The van der Waals surface area contributed by atoms with Crippen molar-refractivity contribution in [3.63, 3.8) is 0 Å². The molecule has 0 saturated carbocycles. The van der Waals surface area contributed by atoms with Crippen LogP contribution in [-0.4, -0.2) is 12.4 Å². The van der Waals surface area contributed by atoms with E-state index in [2.05, 4.69) is 12.1 Å². The van der Waals surface area contributed by atoms with Gasteiger partial charge in [-0.2, -0.15) is 26.3 Å². The highest BCUT2D eigenvalue weighted by Gasteiger charge is 2.72. The third-order valence-corrected chi connectivity index (χ3v) is 3.15. The van der Waals surface area contributed by atoms with E-state index in [0.717, 1.165) is 48.5 Å². The Hall–Kier alpha value is -1.98. The van der Waals surface area contributed by atoms with Gasteiger partial charge in [-0.25, -0.2) is 0 Å². The highest BCUT2D eigenvalue weighted by atomic mass is 19.4. The summed E-state index contributed by atoms with van der Waals surface area (Å²) in [4.78, 5) is 0. The summed E-state index contributed by atoms with van der Waals surface area (Å²) in [6, 6.07) is 12.0. The standard InChI is InChI=1S/C15H8F6/c16-14(17,18)13(15(19,20)21,11-7-3-1-4-8-11)12-9-5-2-6-10-12/h3-10H. The lowest BCUT2D eigenvalue weighted by Crippen LogP contribution is -2.54. The van der Waals surface area contributed by atoms with Gasteiger partial charge in [0.15, 0.2) is 0 Å². The highest BCUT2D eigenvalue weighted by Crippen LogP contribution is 2.55. The van der Waals surface area contributed by atoms with Crippen molar-refractivity contribution in [3.05, 3.63) is 71.8 Å². The fraction of sp³-hybridized carbons (Fsp3) is 0.200. The molecule has 0 aliphatic heterocycles. The van der Waals surface area contributed by atoms with E-state index in [1.807, 2.05) is 0 Å². The molecule has 0 spiro atoms. The van der Waals surface area contributed by atoms with Crippen LogP contribution in [0.2, 0.25) is 0 Å². The molecule has 0 N–H and O–H groups in total. The van der Waals surface area contributed by atoms with Gasteiger partial charge in [-0.15, -0.1) is 0 Å². The maximum Gasteiger partial charge on any atom is 0.411 e. The minimum Gasteiger partial charge on any atom is -0.169 e. The Labute approximate surface area is 117 Å². The second-order valence-corrected chi connectivity index (χ2v) is 4.32. The third kappa shape index (κ3) is 2.39. The van der Waals surface area contributed by atoms with E-state index in [1.165, 1.54) is 0 Å². The van der Waals surface area contributed by atoms with E-state index in [9.17, 15) is 26.3 Å². The van der Waals surface area contributed by atoms with Crippen molar-refractivity contribution in [1.29, 1.82) is 0 Å². The van der Waals surface area contributed by atoms with Crippen molar-refractivity contribution in [1.82, 2.24) is 0 Å². The zero-order valence-electron chi connectivity index (χ0n) is 10.4. The van der Waals surface area contributed by atoms with Crippen molar-refractivity contribution in [2.45, 2.75) is 17.8 Å². The summed E-state index contributed by atoms with van der Waals surface area (Å²) in [7, 11) is 0. The summed E-state index contributed by atoms with van der Waals surface area (Å²) < 4.78 is 81.0. The number of benzene rings is 2. The molecule has 0 unspecified atom stereocenters. The molecule has 0 nitrogen and oxygen atoms in total. The van der Waals surface area contributed by atoms with Gasteiger partial charge in [-0.3, -0.25) is 0 Å². The van der Waals surface area contributed by atoms with Crippen molar-refractivity contribution in [3.8, 4) is 0 Å². The second kappa shape index (κ2) is 5.09. The first-order valence-corrected chi connectivity index (χ1v) is 5.78. The Kier molecular flexibility index (Phi) is 3.74. The Morgan fingerprint density at radius 3 is 1.10 bits per heavy atom. The summed E-state index contributed by atoms with van der Waals surface area (Å²) in [5.74, 6) is 0. The van der Waals surface area contributed by atoms with Crippen LogP contribution < -0.4 is 0 Å². The lowest BCUT2D eigenvalue weighted by atomic mass is 9.73. The monoisotopic (exact) mass is 302 g/mol. The van der Waals surface area contributed by atoms with Crippen molar-refractivity contribution < 1.29 is 26.3 Å². The van der Waals surface area contributed by atoms with Crippen molar-refractivity contribution in [2.24, 2.45) is 0 Å². The van der Waals surface area contributed by atoms with Crippen molar-refractivity contribution in [2.75, 3.05) is 0 Å². The smallest absolute Gasteiger partial charge is 0.169 e. The van der Waals surface area contributed by atoms with Gasteiger partial charge in [-0.05, 0) is 23.3 Å². The lowest BCUT2D eigenvalue weighted by molar-refractivity contribution is -0.288. The van der Waals surface area contributed by atoms with E-state index in [-0.39, 0.29) is 0 Å². The molecule has 0 heterocycles. The van der Waals surface area contributed by atoms with Gasteiger partial charge in [0.25, 0.3) is 0 Å². The van der Waals surface area contributed by atoms with Crippen LogP contribution in [0, 0.1) is 12.1 Å². The largest absolute Gasteiger partial charge is 0.411 e. The van der Waals surface area contributed by atoms with E-state index < -0.39 is 28.9 Å². The van der Waals surface area contributed by atoms with Gasteiger partial charge in [0.2, 0.25) is 5.41 Å². The lowest BCUT2D eigenvalue weighted by Gasteiger charge is -2.38. The fourth-order valence-corrected chi connectivity index (χ4v) is 2.26. The van der Waals surface area contributed by atoms with Gasteiger partial charge in [-0.1, -0.05) is 48.5 Å². The maximum absolute atomic E-state index is 13.5. The van der Waals surface area contributed by atoms with E-state index in [0.29, 0.717) is 0 Å². The summed E-state index contributed by atoms with van der Waals surface area (Å²) in [5.41, 5.74) is -5.87. The fourth-order valence-electron chi connectivity index (χ4n) is 2.26. The zero-order valence-corrected chi connectivity index (χ0v) is 10.4. The number of hydrogen-bond donors (Lipinski definition) is 0. The van der Waals surface area contributed by atoms with Crippen LogP contribution in [0.3, 0.4) is 0 Å². The number of halogens is 6. The van der Waals surface area contributed by atoms with Crippen LogP contribution in [0.15, 0.2) is 48.5 Å². The molecule has 0 aliphatic rings. The predicted octanol–water partition coefficient (Wildman–Crippen LogP) is 4.70. The van der Waals surface area contributed by atoms with Crippen LogP contribution >= 0.6 is 0 Å². The average Bonchev–Trinajstić information content (AvgIpc) is 2.38. The van der Waals surface area contributed by atoms with Crippen LogP contribution in [0.4, 0.5) is 26.3 Å². The Morgan fingerprint density at radius 1 is 0.571 bits per heavy atom. The van der Waals surface area contributed by atoms with Crippen LogP contribution in [0.5, 0.6) is 0 Å². The average molecular weight is 302 g/mol. The van der Waals surface area contributed by atoms with Crippen LogP contribution in [0.25, 0.3) is 0 Å².